The van der Waals surface area contributed by atoms with Gasteiger partial charge in [0.15, 0.2) is 0 Å². The number of thiol groups is 1. The Balaban J connectivity index is 1.92. The second-order valence-corrected chi connectivity index (χ2v) is 5.66. The average molecular weight is 277 g/mol. The van der Waals surface area contributed by atoms with Gasteiger partial charge in [-0.25, -0.2) is 0 Å². The highest BCUT2D eigenvalue weighted by molar-refractivity contribution is 7.80. The van der Waals surface area contributed by atoms with Crippen LogP contribution >= 0.6 is 24.0 Å². The minimum atomic E-state index is -0.0243. The summed E-state index contributed by atoms with van der Waals surface area (Å²) in [5, 5.41) is 4.86. The molecule has 0 saturated heterocycles. The molecule has 1 atom stereocenters. The fourth-order valence-corrected chi connectivity index (χ4v) is 2.81. The van der Waals surface area contributed by atoms with Crippen molar-refractivity contribution in [2.75, 3.05) is 0 Å². The topological polar surface area (TPSA) is 29.1 Å². The van der Waals surface area contributed by atoms with Crippen molar-refractivity contribution >= 4 is 29.9 Å². The number of amides is 1. The Morgan fingerprint density at radius 1 is 1.39 bits per heavy atom. The molecule has 0 radical (unpaired) electrons. The molecule has 0 aliphatic rings. The molecule has 18 heavy (non-hydrogen) atoms. The molecule has 0 aliphatic heterocycles. The van der Waals surface area contributed by atoms with Crippen LogP contribution in [0.25, 0.3) is 0 Å². The highest BCUT2D eigenvalue weighted by atomic mass is 32.1. The predicted molar refractivity (Wildman–Crippen MR) is 78.6 cm³/mol. The van der Waals surface area contributed by atoms with E-state index >= 15 is 0 Å². The van der Waals surface area contributed by atoms with Crippen molar-refractivity contribution in [1.82, 2.24) is 5.32 Å². The van der Waals surface area contributed by atoms with Crippen LogP contribution in [0, 0.1) is 0 Å². The monoisotopic (exact) mass is 277 g/mol. The van der Waals surface area contributed by atoms with Gasteiger partial charge in [0, 0.05) is 16.3 Å². The molecule has 1 amide bonds. The molecule has 94 valence electrons. The Labute approximate surface area is 116 Å². The van der Waals surface area contributed by atoms with E-state index in [2.05, 4.69) is 30.1 Å². The molecule has 0 aliphatic carbocycles. The molecule has 2 rings (SSSR count). The van der Waals surface area contributed by atoms with E-state index in [0.29, 0.717) is 4.88 Å². The first-order valence-electron chi connectivity index (χ1n) is 5.77. The van der Waals surface area contributed by atoms with Crippen molar-refractivity contribution in [3.8, 4) is 0 Å². The zero-order valence-electron chi connectivity index (χ0n) is 10.1. The molecule has 0 spiro atoms. The Hall–Kier alpha value is -1.26. The highest BCUT2D eigenvalue weighted by Crippen LogP contribution is 2.17. The molecule has 1 N–H and O–H groups in total. The Morgan fingerprint density at radius 2 is 2.11 bits per heavy atom. The van der Waals surface area contributed by atoms with Crippen molar-refractivity contribution in [1.29, 1.82) is 0 Å². The first-order valence-corrected chi connectivity index (χ1v) is 7.10. The Kier molecular flexibility index (Phi) is 4.44. The summed E-state index contributed by atoms with van der Waals surface area (Å²) in [6.07, 6.45) is 0.839. The van der Waals surface area contributed by atoms with Gasteiger partial charge in [0.05, 0.1) is 4.88 Å². The standard InChI is InChI=1S/C14H15NOS2/c1-10(7-11-5-3-2-4-6-11)15-14(16)13-8-12(17)9-18-13/h2-6,8-10,17H,7H2,1H3,(H,15,16). The van der Waals surface area contributed by atoms with Crippen molar-refractivity contribution in [2.24, 2.45) is 0 Å². The van der Waals surface area contributed by atoms with E-state index < -0.39 is 0 Å². The summed E-state index contributed by atoms with van der Waals surface area (Å²) in [6.45, 7) is 2.01. The zero-order chi connectivity index (χ0) is 13.0. The van der Waals surface area contributed by atoms with Crippen molar-refractivity contribution < 1.29 is 4.79 Å². The molecule has 1 aromatic carbocycles. The van der Waals surface area contributed by atoms with Crippen LogP contribution < -0.4 is 5.32 Å². The van der Waals surface area contributed by atoms with E-state index in [4.69, 9.17) is 0 Å². The smallest absolute Gasteiger partial charge is 0.261 e. The summed E-state index contributed by atoms with van der Waals surface area (Å²) in [6, 6.07) is 12.1. The van der Waals surface area contributed by atoms with Gasteiger partial charge >= 0.3 is 0 Å². The number of nitrogens with one attached hydrogen (secondary N) is 1. The molecule has 0 saturated carbocycles. The van der Waals surface area contributed by atoms with Crippen LogP contribution in [-0.2, 0) is 6.42 Å². The second-order valence-electron chi connectivity index (χ2n) is 4.23. The first kappa shape index (κ1) is 13.2. The number of hydrogen-bond acceptors (Lipinski definition) is 3. The molecule has 1 aromatic heterocycles. The number of rotatable bonds is 4. The van der Waals surface area contributed by atoms with Crippen LogP contribution in [0.1, 0.15) is 22.2 Å². The number of thiophene rings is 1. The summed E-state index contributed by atoms with van der Waals surface area (Å²) in [5.74, 6) is -0.0243. The summed E-state index contributed by atoms with van der Waals surface area (Å²) in [7, 11) is 0. The number of hydrogen-bond donors (Lipinski definition) is 2. The van der Waals surface area contributed by atoms with Gasteiger partial charge in [-0.15, -0.1) is 24.0 Å². The quantitative estimate of drug-likeness (QED) is 0.824. The molecule has 1 unspecified atom stereocenters. The highest BCUT2D eigenvalue weighted by Gasteiger charge is 2.11. The Bertz CT molecular complexity index is 522. The van der Waals surface area contributed by atoms with Gasteiger partial charge in [-0.1, -0.05) is 30.3 Å². The lowest BCUT2D eigenvalue weighted by molar-refractivity contribution is 0.0944. The molecule has 2 nitrogen and oxygen atoms in total. The Morgan fingerprint density at radius 3 is 2.72 bits per heavy atom. The average Bonchev–Trinajstić information content (AvgIpc) is 2.77. The minimum Gasteiger partial charge on any atom is -0.349 e. The summed E-state index contributed by atoms with van der Waals surface area (Å²) in [4.78, 5) is 13.5. The van der Waals surface area contributed by atoms with Gasteiger partial charge in [0.1, 0.15) is 0 Å². The van der Waals surface area contributed by atoms with Gasteiger partial charge in [0.2, 0.25) is 0 Å². The number of benzene rings is 1. The lowest BCUT2D eigenvalue weighted by Crippen LogP contribution is -2.33. The molecule has 0 bridgehead atoms. The first-order chi connectivity index (χ1) is 8.65. The third-order valence-corrected chi connectivity index (χ3v) is 3.93. The summed E-state index contributed by atoms with van der Waals surface area (Å²) >= 11 is 5.62. The van der Waals surface area contributed by atoms with E-state index in [0.717, 1.165) is 11.3 Å². The molecular weight excluding hydrogens is 262 g/mol. The maximum Gasteiger partial charge on any atom is 0.261 e. The minimum absolute atomic E-state index is 0.0243. The van der Waals surface area contributed by atoms with E-state index in [1.807, 2.05) is 30.5 Å². The van der Waals surface area contributed by atoms with Crippen LogP contribution in [-0.4, -0.2) is 11.9 Å². The molecular formula is C14H15NOS2. The largest absolute Gasteiger partial charge is 0.349 e. The van der Waals surface area contributed by atoms with Gasteiger partial charge in [-0.3, -0.25) is 4.79 Å². The summed E-state index contributed by atoms with van der Waals surface area (Å²) in [5.41, 5.74) is 1.23. The predicted octanol–water partition coefficient (Wildman–Crippen LogP) is 3.40. The van der Waals surface area contributed by atoms with Gasteiger partial charge in [0.25, 0.3) is 5.91 Å². The third-order valence-electron chi connectivity index (χ3n) is 2.57. The molecule has 0 fully saturated rings. The maximum atomic E-state index is 11.9. The van der Waals surface area contributed by atoms with Crippen LogP contribution in [0.4, 0.5) is 0 Å². The van der Waals surface area contributed by atoms with E-state index in [1.165, 1.54) is 16.9 Å². The van der Waals surface area contributed by atoms with Crippen LogP contribution in [0.15, 0.2) is 46.7 Å². The van der Waals surface area contributed by atoms with E-state index in [9.17, 15) is 4.79 Å². The zero-order valence-corrected chi connectivity index (χ0v) is 11.8. The molecule has 4 heteroatoms. The molecule has 1 heterocycles. The van der Waals surface area contributed by atoms with Crippen molar-refractivity contribution in [3.05, 3.63) is 52.2 Å². The lowest BCUT2D eigenvalue weighted by atomic mass is 10.1. The van der Waals surface area contributed by atoms with Crippen molar-refractivity contribution in [3.63, 3.8) is 0 Å². The van der Waals surface area contributed by atoms with Crippen LogP contribution in [0.5, 0.6) is 0 Å². The lowest BCUT2D eigenvalue weighted by Gasteiger charge is -2.13. The fourth-order valence-electron chi connectivity index (χ4n) is 1.76. The number of carbonyl (C=O) groups is 1. The van der Waals surface area contributed by atoms with Crippen LogP contribution in [0.2, 0.25) is 0 Å². The van der Waals surface area contributed by atoms with Gasteiger partial charge in [-0.2, -0.15) is 0 Å². The number of carbonyl (C=O) groups excluding carboxylic acids is 1. The molecule has 2 aromatic rings. The van der Waals surface area contributed by atoms with E-state index in [-0.39, 0.29) is 11.9 Å². The van der Waals surface area contributed by atoms with Crippen molar-refractivity contribution in [2.45, 2.75) is 24.3 Å². The van der Waals surface area contributed by atoms with Gasteiger partial charge in [-0.05, 0) is 25.0 Å². The normalized spacial score (nSPS) is 12.1. The van der Waals surface area contributed by atoms with Crippen LogP contribution in [0.3, 0.4) is 0 Å². The third kappa shape index (κ3) is 3.62. The van der Waals surface area contributed by atoms with E-state index in [1.54, 1.807) is 6.07 Å². The second kappa shape index (κ2) is 6.07. The van der Waals surface area contributed by atoms with Gasteiger partial charge < -0.3 is 5.32 Å². The summed E-state index contributed by atoms with van der Waals surface area (Å²) < 4.78 is 0. The maximum absolute atomic E-state index is 11.9. The SMILES string of the molecule is CC(Cc1ccccc1)NC(=O)c1cc(S)cs1. The fraction of sp³-hybridized carbons (Fsp3) is 0.214.